The van der Waals surface area contributed by atoms with Crippen molar-refractivity contribution in [2.24, 2.45) is 10.2 Å². The molecule has 2 N–H and O–H groups in total. The fourth-order valence-corrected chi connectivity index (χ4v) is 2.84. The molecule has 28 heavy (non-hydrogen) atoms. The average Bonchev–Trinajstić information content (AvgIpc) is 2.91. The minimum absolute atomic E-state index is 0.120. The number of hydrogen-bond donors (Lipinski definition) is 2. The molecular formula is C20H21N5O3. The Labute approximate surface area is 162 Å². The molecule has 0 radical (unpaired) electrons. The second kappa shape index (κ2) is 8.01. The standard InChI is InChI=1S/C20H21N5O3/c1-13-7-6-8-14(11-13)21-18(26)19(27)23-22-17-15-9-4-5-10-16(15)25(20(17)28)12-24(2)3/h4-11,28H,12H2,1-3H3,(H,21,26). The van der Waals surface area contributed by atoms with Crippen molar-refractivity contribution in [3.63, 3.8) is 0 Å². The minimum Gasteiger partial charge on any atom is -0.493 e. The molecule has 0 fully saturated rings. The van der Waals surface area contributed by atoms with Crippen LogP contribution in [-0.2, 0) is 16.3 Å². The lowest BCUT2D eigenvalue weighted by Crippen LogP contribution is -2.20. The number of azo groups is 1. The average molecular weight is 379 g/mol. The third-order valence-electron chi connectivity index (χ3n) is 4.05. The van der Waals surface area contributed by atoms with Gasteiger partial charge in [-0.15, -0.1) is 10.2 Å². The normalized spacial score (nSPS) is 11.4. The molecule has 0 atom stereocenters. The van der Waals surface area contributed by atoms with E-state index in [2.05, 4.69) is 15.5 Å². The molecule has 0 aliphatic carbocycles. The van der Waals surface area contributed by atoms with Crippen molar-refractivity contribution in [3.05, 3.63) is 54.1 Å². The number of rotatable bonds is 4. The first-order valence-corrected chi connectivity index (χ1v) is 8.65. The van der Waals surface area contributed by atoms with Crippen LogP contribution in [-0.4, -0.2) is 40.5 Å². The van der Waals surface area contributed by atoms with Gasteiger partial charge in [-0.3, -0.25) is 19.1 Å². The highest BCUT2D eigenvalue weighted by Gasteiger charge is 2.18. The zero-order valence-electron chi connectivity index (χ0n) is 15.9. The van der Waals surface area contributed by atoms with E-state index in [-0.39, 0.29) is 11.6 Å². The van der Waals surface area contributed by atoms with E-state index in [0.717, 1.165) is 11.1 Å². The number of para-hydroxylation sites is 1. The Hall–Kier alpha value is -3.52. The van der Waals surface area contributed by atoms with Gasteiger partial charge in [0.15, 0.2) is 5.69 Å². The lowest BCUT2D eigenvalue weighted by atomic mass is 10.2. The van der Waals surface area contributed by atoms with Gasteiger partial charge in [0.05, 0.1) is 12.2 Å². The Morgan fingerprint density at radius 2 is 1.89 bits per heavy atom. The molecule has 2 aromatic carbocycles. The minimum atomic E-state index is -1.05. The van der Waals surface area contributed by atoms with Gasteiger partial charge in [0, 0.05) is 11.1 Å². The Kier molecular flexibility index (Phi) is 5.51. The number of nitrogens with zero attached hydrogens (tertiary/aromatic N) is 4. The maximum atomic E-state index is 12.1. The van der Waals surface area contributed by atoms with Crippen molar-refractivity contribution in [2.75, 3.05) is 19.4 Å². The highest BCUT2D eigenvalue weighted by molar-refractivity contribution is 6.40. The van der Waals surface area contributed by atoms with Gasteiger partial charge in [0.2, 0.25) is 5.88 Å². The molecule has 1 aromatic heterocycles. The summed E-state index contributed by atoms with van der Waals surface area (Å²) in [5.74, 6) is -2.07. The Morgan fingerprint density at radius 1 is 1.14 bits per heavy atom. The number of anilines is 1. The summed E-state index contributed by atoms with van der Waals surface area (Å²) in [6.45, 7) is 2.30. The molecule has 8 heteroatoms. The van der Waals surface area contributed by atoms with Gasteiger partial charge in [0.25, 0.3) is 0 Å². The molecule has 144 valence electrons. The Morgan fingerprint density at radius 3 is 2.61 bits per heavy atom. The molecule has 0 saturated carbocycles. The SMILES string of the molecule is Cc1cccc(NC(=O)C(=O)N=Nc2c(O)n(CN(C)C)c3ccccc23)c1. The van der Waals surface area contributed by atoms with Crippen molar-refractivity contribution in [1.82, 2.24) is 9.47 Å². The highest BCUT2D eigenvalue weighted by Crippen LogP contribution is 2.38. The van der Waals surface area contributed by atoms with Gasteiger partial charge in [-0.05, 0) is 44.8 Å². The monoisotopic (exact) mass is 379 g/mol. The molecule has 3 rings (SSSR count). The second-order valence-corrected chi connectivity index (χ2v) is 6.67. The maximum Gasteiger partial charge on any atom is 0.353 e. The zero-order chi connectivity index (χ0) is 20.3. The summed E-state index contributed by atoms with van der Waals surface area (Å²) in [4.78, 5) is 26.0. The van der Waals surface area contributed by atoms with Crippen LogP contribution in [0.25, 0.3) is 10.9 Å². The van der Waals surface area contributed by atoms with Crippen LogP contribution in [0.5, 0.6) is 5.88 Å². The Bertz CT molecular complexity index is 1070. The van der Waals surface area contributed by atoms with Gasteiger partial charge in [-0.25, -0.2) is 0 Å². The van der Waals surface area contributed by atoms with Crippen LogP contribution >= 0.6 is 0 Å². The topological polar surface area (TPSA) is 99.3 Å². The van der Waals surface area contributed by atoms with E-state index in [4.69, 9.17) is 0 Å². The van der Waals surface area contributed by atoms with Crippen molar-refractivity contribution in [1.29, 1.82) is 0 Å². The zero-order valence-corrected chi connectivity index (χ0v) is 15.9. The summed E-state index contributed by atoms with van der Waals surface area (Å²) in [5, 5.41) is 21.0. The lowest BCUT2D eigenvalue weighted by molar-refractivity contribution is -0.134. The third-order valence-corrected chi connectivity index (χ3v) is 4.05. The van der Waals surface area contributed by atoms with Crippen LogP contribution < -0.4 is 5.32 Å². The number of amides is 2. The van der Waals surface area contributed by atoms with Crippen molar-refractivity contribution in [2.45, 2.75) is 13.6 Å². The van der Waals surface area contributed by atoms with Crippen LogP contribution in [0.4, 0.5) is 11.4 Å². The quantitative estimate of drug-likeness (QED) is 0.536. The van der Waals surface area contributed by atoms with Gasteiger partial charge < -0.3 is 10.4 Å². The van der Waals surface area contributed by atoms with E-state index in [1.807, 2.05) is 44.1 Å². The van der Waals surface area contributed by atoms with Crippen LogP contribution in [0.15, 0.2) is 58.8 Å². The lowest BCUT2D eigenvalue weighted by Gasteiger charge is -2.12. The number of aromatic nitrogens is 1. The fraction of sp³-hybridized carbons (Fsp3) is 0.200. The number of nitrogens with one attached hydrogen (secondary N) is 1. The Balaban J connectivity index is 1.85. The van der Waals surface area contributed by atoms with Crippen LogP contribution in [0.1, 0.15) is 5.56 Å². The van der Waals surface area contributed by atoms with Crippen molar-refractivity contribution in [3.8, 4) is 5.88 Å². The summed E-state index contributed by atoms with van der Waals surface area (Å²) in [6.07, 6.45) is 0. The summed E-state index contributed by atoms with van der Waals surface area (Å²) in [6, 6.07) is 14.3. The smallest absolute Gasteiger partial charge is 0.353 e. The van der Waals surface area contributed by atoms with Crippen LogP contribution in [0, 0.1) is 6.92 Å². The number of aromatic hydroxyl groups is 1. The molecular weight excluding hydrogens is 358 g/mol. The number of benzene rings is 2. The molecule has 0 aliphatic rings. The molecule has 0 unspecified atom stereocenters. The first kappa shape index (κ1) is 19.2. The van der Waals surface area contributed by atoms with E-state index in [0.29, 0.717) is 17.7 Å². The number of carbonyl (C=O) groups excluding carboxylic acids is 2. The molecule has 0 spiro atoms. The fourth-order valence-electron chi connectivity index (χ4n) is 2.84. The van der Waals surface area contributed by atoms with E-state index in [1.165, 1.54) is 0 Å². The number of carbonyl (C=O) groups is 2. The predicted molar refractivity (Wildman–Crippen MR) is 107 cm³/mol. The molecule has 8 nitrogen and oxygen atoms in total. The summed E-state index contributed by atoms with van der Waals surface area (Å²) in [7, 11) is 3.74. The van der Waals surface area contributed by atoms with E-state index in [1.54, 1.807) is 34.9 Å². The summed E-state index contributed by atoms with van der Waals surface area (Å²) < 4.78 is 1.65. The van der Waals surface area contributed by atoms with E-state index in [9.17, 15) is 14.7 Å². The maximum absolute atomic E-state index is 12.1. The summed E-state index contributed by atoms with van der Waals surface area (Å²) in [5.41, 5.74) is 2.35. The highest BCUT2D eigenvalue weighted by atomic mass is 16.3. The van der Waals surface area contributed by atoms with Crippen LogP contribution in [0.2, 0.25) is 0 Å². The first-order valence-electron chi connectivity index (χ1n) is 8.65. The van der Waals surface area contributed by atoms with Crippen molar-refractivity contribution < 1.29 is 14.7 Å². The molecule has 1 heterocycles. The molecule has 0 aliphatic heterocycles. The van der Waals surface area contributed by atoms with Gasteiger partial charge in [-0.2, -0.15) is 0 Å². The number of fused-ring (bicyclic) bond motifs is 1. The van der Waals surface area contributed by atoms with E-state index < -0.39 is 11.8 Å². The molecule has 0 saturated heterocycles. The number of aryl methyl sites for hydroxylation is 1. The number of hydrogen-bond acceptors (Lipinski definition) is 5. The molecule has 2 amide bonds. The first-order chi connectivity index (χ1) is 13.4. The van der Waals surface area contributed by atoms with Crippen molar-refractivity contribution >= 4 is 34.1 Å². The summed E-state index contributed by atoms with van der Waals surface area (Å²) >= 11 is 0. The molecule has 0 bridgehead atoms. The van der Waals surface area contributed by atoms with E-state index >= 15 is 0 Å². The second-order valence-electron chi connectivity index (χ2n) is 6.67. The van der Waals surface area contributed by atoms with Gasteiger partial charge in [0.1, 0.15) is 0 Å². The van der Waals surface area contributed by atoms with Gasteiger partial charge >= 0.3 is 11.8 Å². The third kappa shape index (κ3) is 4.07. The van der Waals surface area contributed by atoms with Crippen LogP contribution in [0.3, 0.4) is 0 Å². The molecule has 3 aromatic rings. The van der Waals surface area contributed by atoms with Gasteiger partial charge in [-0.1, -0.05) is 30.3 Å². The largest absolute Gasteiger partial charge is 0.493 e. The predicted octanol–water partition coefficient (Wildman–Crippen LogP) is 3.42.